The molecular formula is C42H48FN7O3. The van der Waals surface area contributed by atoms with Crippen molar-refractivity contribution in [3.8, 4) is 12.1 Å². The molecule has 2 saturated heterocycles. The molecule has 1 saturated carbocycles. The lowest BCUT2D eigenvalue weighted by Crippen LogP contribution is -2.60. The maximum atomic E-state index is 14.9. The summed E-state index contributed by atoms with van der Waals surface area (Å²) in [6.45, 7) is 10.1. The number of fused-ring (bicyclic) bond motifs is 2. The summed E-state index contributed by atoms with van der Waals surface area (Å²) in [6, 6.07) is 21.2. The van der Waals surface area contributed by atoms with Gasteiger partial charge in [-0.15, -0.1) is 0 Å². The molecule has 1 aliphatic carbocycles. The first-order valence-corrected chi connectivity index (χ1v) is 19.1. The van der Waals surface area contributed by atoms with Gasteiger partial charge in [0.25, 0.3) is 0 Å². The van der Waals surface area contributed by atoms with E-state index in [0.29, 0.717) is 50.8 Å². The molecule has 4 aromatic rings. The quantitative estimate of drug-likeness (QED) is 0.171. The molecule has 276 valence electrons. The molecule has 0 radical (unpaired) electrons. The van der Waals surface area contributed by atoms with E-state index in [9.17, 15) is 14.4 Å². The Bertz CT molecular complexity index is 2010. The van der Waals surface area contributed by atoms with E-state index in [1.54, 1.807) is 4.90 Å². The van der Waals surface area contributed by atoms with E-state index in [0.717, 1.165) is 71.6 Å². The van der Waals surface area contributed by atoms with Crippen LogP contribution in [-0.2, 0) is 24.3 Å². The number of hydrogen-bond donors (Lipinski definition) is 0. The molecule has 3 aliphatic heterocycles. The Kier molecular flexibility index (Phi) is 9.81. The third kappa shape index (κ3) is 7.34. The molecule has 3 aromatic carbocycles. The van der Waals surface area contributed by atoms with Crippen molar-refractivity contribution in [1.29, 1.82) is 5.26 Å². The number of hydrogen-bond acceptors (Lipinski definition) is 9. The molecule has 4 aliphatic rings. The summed E-state index contributed by atoms with van der Waals surface area (Å²) in [7, 11) is 0. The molecule has 0 unspecified atom stereocenters. The highest BCUT2D eigenvalue weighted by molar-refractivity contribution is 5.97. The maximum absolute atomic E-state index is 14.9. The second-order valence-corrected chi connectivity index (χ2v) is 15.5. The van der Waals surface area contributed by atoms with Gasteiger partial charge < -0.3 is 24.2 Å². The van der Waals surface area contributed by atoms with Crippen LogP contribution in [-0.4, -0.2) is 83.8 Å². The average Bonchev–Trinajstić information content (AvgIpc) is 3.75. The zero-order chi connectivity index (χ0) is 36.5. The number of anilines is 2. The average molecular weight is 718 g/mol. The molecular weight excluding hydrogens is 670 g/mol. The Morgan fingerprint density at radius 3 is 2.58 bits per heavy atom. The standard InChI is InChI=1S/C42H48FN7O3/c1-29-23-49(24-33(15-19-44)50(29)41(51)52-26-31-9-4-3-5-10-31)39-34-16-22-48(37-12-8-11-32-13-14-35(43)30(2)38(32)37)25-36(34)45-40(46-39)53-28-42(17-18-42)27-47-20-6-7-21-47/h3-5,8-14,29,33H,6-7,15-18,20-28H2,1-2H3/t29-,33-/m0/s1. The summed E-state index contributed by atoms with van der Waals surface area (Å²) < 4.78 is 27.2. The Hall–Kier alpha value is -4.95. The van der Waals surface area contributed by atoms with Crippen LogP contribution in [0.1, 0.15) is 61.4 Å². The van der Waals surface area contributed by atoms with Gasteiger partial charge >= 0.3 is 12.1 Å². The number of amides is 1. The van der Waals surface area contributed by atoms with Gasteiger partial charge in [0, 0.05) is 48.2 Å². The number of carbonyl (C=O) groups excluding carboxylic acids is 1. The van der Waals surface area contributed by atoms with Crippen molar-refractivity contribution in [3.05, 3.63) is 88.9 Å². The van der Waals surface area contributed by atoms with Gasteiger partial charge in [-0.1, -0.05) is 48.5 Å². The number of aryl methyl sites for hydroxylation is 1. The Morgan fingerprint density at radius 2 is 1.81 bits per heavy atom. The summed E-state index contributed by atoms with van der Waals surface area (Å²) in [6.07, 6.45) is 5.24. The minimum atomic E-state index is -0.416. The number of piperazine rings is 1. The van der Waals surface area contributed by atoms with Crippen molar-refractivity contribution in [2.24, 2.45) is 5.41 Å². The minimum absolute atomic E-state index is 0.137. The second kappa shape index (κ2) is 14.8. The van der Waals surface area contributed by atoms with E-state index in [1.807, 2.05) is 62.4 Å². The topological polar surface area (TPSA) is 98.1 Å². The van der Waals surface area contributed by atoms with Gasteiger partial charge in [0.2, 0.25) is 0 Å². The molecule has 0 spiro atoms. The fourth-order valence-corrected chi connectivity index (χ4v) is 8.60. The summed E-state index contributed by atoms with van der Waals surface area (Å²) in [5.74, 6) is 0.594. The minimum Gasteiger partial charge on any atom is -0.463 e. The van der Waals surface area contributed by atoms with Gasteiger partial charge in [-0.25, -0.2) is 9.18 Å². The number of ether oxygens (including phenoxy) is 2. The number of aromatic nitrogens is 2. The number of halogens is 1. The first-order valence-electron chi connectivity index (χ1n) is 19.1. The molecule has 4 heterocycles. The summed E-state index contributed by atoms with van der Waals surface area (Å²) in [5.41, 5.74) is 4.62. The smallest absolute Gasteiger partial charge is 0.410 e. The Labute approximate surface area is 311 Å². The van der Waals surface area contributed by atoms with Gasteiger partial charge in [-0.2, -0.15) is 15.2 Å². The van der Waals surface area contributed by atoms with Gasteiger partial charge in [0.1, 0.15) is 18.2 Å². The summed E-state index contributed by atoms with van der Waals surface area (Å²) >= 11 is 0. The van der Waals surface area contributed by atoms with Crippen LogP contribution in [0.5, 0.6) is 6.01 Å². The van der Waals surface area contributed by atoms with E-state index >= 15 is 0 Å². The first-order chi connectivity index (χ1) is 25.8. The highest BCUT2D eigenvalue weighted by Crippen LogP contribution is 2.47. The lowest BCUT2D eigenvalue weighted by Gasteiger charge is -2.45. The molecule has 11 heteroatoms. The molecule has 53 heavy (non-hydrogen) atoms. The van der Waals surface area contributed by atoms with Crippen LogP contribution >= 0.6 is 0 Å². The number of benzene rings is 3. The van der Waals surface area contributed by atoms with Crippen molar-refractivity contribution in [1.82, 2.24) is 19.8 Å². The normalized spacial score (nSPS) is 21.0. The van der Waals surface area contributed by atoms with E-state index in [-0.39, 0.29) is 36.3 Å². The molecule has 10 nitrogen and oxygen atoms in total. The second-order valence-electron chi connectivity index (χ2n) is 15.5. The SMILES string of the molecule is Cc1c(F)ccc2cccc(N3CCc4c(nc(OCC5(CN6CCCC6)CC5)nc4N4C[C@H](CC#N)N(C(=O)OCc5ccccc5)[C@@H](C)C4)C3)c12. The van der Waals surface area contributed by atoms with Crippen LogP contribution in [0.25, 0.3) is 10.8 Å². The van der Waals surface area contributed by atoms with Crippen LogP contribution in [0.4, 0.5) is 20.7 Å². The summed E-state index contributed by atoms with van der Waals surface area (Å²) in [4.78, 5) is 32.5. The molecule has 1 amide bonds. The van der Waals surface area contributed by atoms with Crippen molar-refractivity contribution in [2.45, 2.75) is 77.6 Å². The third-order valence-corrected chi connectivity index (χ3v) is 11.6. The molecule has 2 atom stereocenters. The van der Waals surface area contributed by atoms with E-state index < -0.39 is 6.09 Å². The zero-order valence-corrected chi connectivity index (χ0v) is 30.8. The number of carbonyl (C=O) groups is 1. The van der Waals surface area contributed by atoms with Crippen molar-refractivity contribution in [2.75, 3.05) is 55.7 Å². The Balaban J connectivity index is 1.09. The van der Waals surface area contributed by atoms with Crippen LogP contribution in [0.2, 0.25) is 0 Å². The van der Waals surface area contributed by atoms with E-state index in [4.69, 9.17) is 19.4 Å². The monoisotopic (exact) mass is 717 g/mol. The fourth-order valence-electron chi connectivity index (χ4n) is 8.60. The highest BCUT2D eigenvalue weighted by atomic mass is 19.1. The molecule has 3 fully saturated rings. The third-order valence-electron chi connectivity index (χ3n) is 11.6. The van der Waals surface area contributed by atoms with Gasteiger partial charge in [-0.3, -0.25) is 4.90 Å². The maximum Gasteiger partial charge on any atom is 0.410 e. The van der Waals surface area contributed by atoms with Crippen LogP contribution in [0.3, 0.4) is 0 Å². The summed E-state index contributed by atoms with van der Waals surface area (Å²) in [5, 5.41) is 11.8. The van der Waals surface area contributed by atoms with Crippen LogP contribution in [0, 0.1) is 29.5 Å². The predicted octanol–water partition coefficient (Wildman–Crippen LogP) is 7.02. The van der Waals surface area contributed by atoms with E-state index in [2.05, 4.69) is 26.8 Å². The Morgan fingerprint density at radius 1 is 1.00 bits per heavy atom. The number of nitrogens with zero attached hydrogens (tertiary/aromatic N) is 7. The number of nitriles is 1. The van der Waals surface area contributed by atoms with E-state index in [1.165, 1.54) is 18.9 Å². The van der Waals surface area contributed by atoms with Crippen molar-refractivity contribution < 1.29 is 18.7 Å². The predicted molar refractivity (Wildman–Crippen MR) is 202 cm³/mol. The lowest BCUT2D eigenvalue weighted by molar-refractivity contribution is 0.0581. The number of rotatable bonds is 10. The van der Waals surface area contributed by atoms with Gasteiger partial charge in [0.15, 0.2) is 0 Å². The van der Waals surface area contributed by atoms with Crippen LogP contribution in [0.15, 0.2) is 60.7 Å². The van der Waals surface area contributed by atoms with Gasteiger partial charge in [-0.05, 0) is 87.7 Å². The first kappa shape index (κ1) is 35.1. The molecule has 8 rings (SSSR count). The molecule has 0 N–H and O–H groups in total. The largest absolute Gasteiger partial charge is 0.463 e. The zero-order valence-electron chi connectivity index (χ0n) is 30.8. The van der Waals surface area contributed by atoms with Gasteiger partial charge in [0.05, 0.1) is 43.4 Å². The highest BCUT2D eigenvalue weighted by Gasteiger charge is 2.45. The lowest BCUT2D eigenvalue weighted by atomic mass is 9.98. The van der Waals surface area contributed by atoms with Crippen LogP contribution < -0.4 is 14.5 Å². The molecule has 1 aromatic heterocycles. The fraction of sp³-hybridized carbons (Fsp3) is 0.476. The number of likely N-dealkylation sites (tertiary alicyclic amines) is 1. The molecule has 0 bridgehead atoms. The van der Waals surface area contributed by atoms with Crippen molar-refractivity contribution in [3.63, 3.8) is 0 Å². The van der Waals surface area contributed by atoms with Crippen molar-refractivity contribution >= 4 is 28.4 Å².